The molecule has 0 fully saturated rings. The van der Waals surface area contributed by atoms with Gasteiger partial charge in [-0.05, 0) is 48.9 Å². The molecule has 0 saturated heterocycles. The Balaban J connectivity index is 1.68. The van der Waals surface area contributed by atoms with E-state index >= 15 is 0 Å². The first-order valence-electron chi connectivity index (χ1n) is 7.81. The summed E-state index contributed by atoms with van der Waals surface area (Å²) in [7, 11) is 0. The van der Waals surface area contributed by atoms with E-state index in [9.17, 15) is 18.4 Å². The van der Waals surface area contributed by atoms with E-state index in [1.807, 2.05) is 13.0 Å². The predicted octanol–water partition coefficient (Wildman–Crippen LogP) is 2.96. The van der Waals surface area contributed by atoms with Gasteiger partial charge in [0.25, 0.3) is 5.91 Å². The molecule has 0 unspecified atom stereocenters. The minimum absolute atomic E-state index is 0.00856. The summed E-state index contributed by atoms with van der Waals surface area (Å²) in [5.74, 6) is -0.212. The lowest BCUT2D eigenvalue weighted by atomic mass is 10.1. The summed E-state index contributed by atoms with van der Waals surface area (Å²) in [4.78, 5) is 25.8. The van der Waals surface area contributed by atoms with Crippen LogP contribution in [0.5, 0.6) is 11.5 Å². The normalized spacial score (nSPS) is 13.2. The van der Waals surface area contributed by atoms with Gasteiger partial charge in [-0.15, -0.1) is 0 Å². The van der Waals surface area contributed by atoms with Crippen molar-refractivity contribution in [1.82, 2.24) is 0 Å². The molecule has 1 heterocycles. The second kappa shape index (κ2) is 7.38. The molecule has 0 bridgehead atoms. The van der Waals surface area contributed by atoms with Gasteiger partial charge in [0.2, 0.25) is 5.91 Å². The standard InChI is InChI=1S/C18H16F2N2O4/c1-11-2-7-15-14(8-11)22(17(24)10-25-15)9-16(23)21-12-3-5-13(6-4-12)26-18(19)20/h2-8,18H,9-10H2,1H3,(H,21,23). The number of alkyl halides is 2. The summed E-state index contributed by atoms with van der Waals surface area (Å²) in [6.07, 6.45) is 0. The van der Waals surface area contributed by atoms with Crippen molar-refractivity contribution in [3.05, 3.63) is 48.0 Å². The van der Waals surface area contributed by atoms with Crippen molar-refractivity contribution in [3.63, 3.8) is 0 Å². The van der Waals surface area contributed by atoms with Gasteiger partial charge in [-0.25, -0.2) is 0 Å². The van der Waals surface area contributed by atoms with E-state index in [4.69, 9.17) is 4.74 Å². The number of aryl methyl sites for hydroxylation is 1. The Labute approximate surface area is 148 Å². The van der Waals surface area contributed by atoms with Crippen LogP contribution in [0, 0.1) is 6.92 Å². The number of nitrogens with zero attached hydrogens (tertiary/aromatic N) is 1. The zero-order valence-electron chi connectivity index (χ0n) is 13.9. The molecule has 6 nitrogen and oxygen atoms in total. The molecule has 26 heavy (non-hydrogen) atoms. The Bertz CT molecular complexity index is 824. The molecule has 1 aliphatic heterocycles. The maximum Gasteiger partial charge on any atom is 0.387 e. The highest BCUT2D eigenvalue weighted by Gasteiger charge is 2.27. The van der Waals surface area contributed by atoms with Gasteiger partial charge in [0.1, 0.15) is 18.0 Å². The monoisotopic (exact) mass is 362 g/mol. The Hall–Kier alpha value is -3.16. The third kappa shape index (κ3) is 4.08. The first-order valence-corrected chi connectivity index (χ1v) is 7.81. The number of carbonyl (C=O) groups excluding carboxylic acids is 2. The fourth-order valence-electron chi connectivity index (χ4n) is 2.55. The highest BCUT2D eigenvalue weighted by atomic mass is 19.3. The molecule has 2 amide bonds. The van der Waals surface area contributed by atoms with E-state index in [1.54, 1.807) is 12.1 Å². The van der Waals surface area contributed by atoms with Crippen LogP contribution in [-0.4, -0.2) is 31.6 Å². The van der Waals surface area contributed by atoms with E-state index in [0.717, 1.165) is 5.56 Å². The molecule has 136 valence electrons. The van der Waals surface area contributed by atoms with Crippen LogP contribution >= 0.6 is 0 Å². The average Bonchev–Trinajstić information content (AvgIpc) is 2.59. The number of hydrogen-bond donors (Lipinski definition) is 1. The van der Waals surface area contributed by atoms with Gasteiger partial charge in [0.05, 0.1) is 5.69 Å². The fourth-order valence-corrected chi connectivity index (χ4v) is 2.55. The molecule has 1 aliphatic rings. The Kier molecular flexibility index (Phi) is 5.01. The quantitative estimate of drug-likeness (QED) is 0.888. The van der Waals surface area contributed by atoms with Gasteiger partial charge in [0.15, 0.2) is 6.61 Å². The van der Waals surface area contributed by atoms with Crippen molar-refractivity contribution in [3.8, 4) is 11.5 Å². The third-order valence-electron chi connectivity index (χ3n) is 3.72. The topological polar surface area (TPSA) is 67.9 Å². The zero-order chi connectivity index (χ0) is 18.7. The lowest BCUT2D eigenvalue weighted by Gasteiger charge is -2.29. The number of carbonyl (C=O) groups is 2. The first-order chi connectivity index (χ1) is 12.4. The van der Waals surface area contributed by atoms with Crippen LogP contribution in [0.1, 0.15) is 5.56 Å². The molecule has 3 rings (SSSR count). The minimum Gasteiger partial charge on any atom is -0.482 e. The van der Waals surface area contributed by atoms with E-state index in [1.165, 1.54) is 29.2 Å². The summed E-state index contributed by atoms with van der Waals surface area (Å²) in [5.41, 5.74) is 1.88. The number of halogens is 2. The van der Waals surface area contributed by atoms with Crippen molar-refractivity contribution in [2.24, 2.45) is 0 Å². The summed E-state index contributed by atoms with van der Waals surface area (Å²) in [5, 5.41) is 2.62. The first kappa shape index (κ1) is 17.7. The van der Waals surface area contributed by atoms with Gasteiger partial charge >= 0.3 is 6.61 Å². The van der Waals surface area contributed by atoms with Crippen LogP contribution in [0.15, 0.2) is 42.5 Å². The van der Waals surface area contributed by atoms with Gasteiger partial charge in [-0.1, -0.05) is 6.07 Å². The lowest BCUT2D eigenvalue weighted by molar-refractivity contribution is -0.123. The van der Waals surface area contributed by atoms with Crippen LogP contribution in [0.4, 0.5) is 20.2 Å². The van der Waals surface area contributed by atoms with Gasteiger partial charge in [-0.2, -0.15) is 8.78 Å². The third-order valence-corrected chi connectivity index (χ3v) is 3.72. The molecule has 0 radical (unpaired) electrons. The number of amides is 2. The maximum atomic E-state index is 12.3. The smallest absolute Gasteiger partial charge is 0.387 e. The molecule has 0 saturated carbocycles. The van der Waals surface area contributed by atoms with Gasteiger partial charge < -0.3 is 14.8 Å². The van der Waals surface area contributed by atoms with Gasteiger partial charge in [0, 0.05) is 5.69 Å². The second-order valence-corrected chi connectivity index (χ2v) is 5.69. The van der Waals surface area contributed by atoms with Crippen LogP contribution in [-0.2, 0) is 9.59 Å². The molecule has 1 N–H and O–H groups in total. The number of benzene rings is 2. The molecular weight excluding hydrogens is 346 g/mol. The van der Waals surface area contributed by atoms with Crippen LogP contribution < -0.4 is 19.7 Å². The highest BCUT2D eigenvalue weighted by molar-refractivity contribution is 6.05. The summed E-state index contributed by atoms with van der Waals surface area (Å²) < 4.78 is 33.9. The number of hydrogen-bond acceptors (Lipinski definition) is 4. The second-order valence-electron chi connectivity index (χ2n) is 5.69. The Morgan fingerprint density at radius 1 is 1.27 bits per heavy atom. The van der Waals surface area contributed by atoms with Crippen molar-refractivity contribution < 1.29 is 27.8 Å². The maximum absolute atomic E-state index is 12.3. The molecule has 8 heteroatoms. The van der Waals surface area contributed by atoms with E-state index in [-0.39, 0.29) is 24.8 Å². The van der Waals surface area contributed by atoms with E-state index in [0.29, 0.717) is 17.1 Å². The SMILES string of the molecule is Cc1ccc2c(c1)N(CC(=O)Nc1ccc(OC(F)F)cc1)C(=O)CO2. The van der Waals surface area contributed by atoms with E-state index in [2.05, 4.69) is 10.1 Å². The fraction of sp³-hybridized carbons (Fsp3) is 0.222. The number of rotatable bonds is 5. The zero-order valence-corrected chi connectivity index (χ0v) is 13.9. The molecule has 2 aromatic carbocycles. The molecule has 2 aromatic rings. The number of ether oxygens (including phenoxy) is 2. The predicted molar refractivity (Wildman–Crippen MR) is 90.7 cm³/mol. The Morgan fingerprint density at radius 2 is 2.00 bits per heavy atom. The molecule has 0 aliphatic carbocycles. The molecule has 0 aromatic heterocycles. The highest BCUT2D eigenvalue weighted by Crippen LogP contribution is 2.32. The number of anilines is 2. The Morgan fingerprint density at radius 3 is 2.69 bits per heavy atom. The van der Waals surface area contributed by atoms with Gasteiger partial charge in [-0.3, -0.25) is 14.5 Å². The summed E-state index contributed by atoms with van der Waals surface area (Å²) >= 11 is 0. The van der Waals surface area contributed by atoms with Crippen molar-refractivity contribution in [1.29, 1.82) is 0 Å². The van der Waals surface area contributed by atoms with Crippen LogP contribution in [0.3, 0.4) is 0 Å². The molecule has 0 atom stereocenters. The number of fused-ring (bicyclic) bond motifs is 1. The molecular formula is C18H16F2N2O4. The average molecular weight is 362 g/mol. The van der Waals surface area contributed by atoms with Crippen LogP contribution in [0.25, 0.3) is 0 Å². The largest absolute Gasteiger partial charge is 0.482 e. The lowest BCUT2D eigenvalue weighted by Crippen LogP contribution is -2.43. The van der Waals surface area contributed by atoms with E-state index < -0.39 is 12.5 Å². The van der Waals surface area contributed by atoms with Crippen molar-refractivity contribution in [2.45, 2.75) is 13.5 Å². The minimum atomic E-state index is -2.91. The van der Waals surface area contributed by atoms with Crippen molar-refractivity contribution >= 4 is 23.2 Å². The van der Waals surface area contributed by atoms with Crippen LogP contribution in [0.2, 0.25) is 0 Å². The van der Waals surface area contributed by atoms with Crippen molar-refractivity contribution in [2.75, 3.05) is 23.4 Å². The number of nitrogens with one attached hydrogen (secondary N) is 1. The summed E-state index contributed by atoms with van der Waals surface area (Å²) in [6.45, 7) is -1.36. The molecule has 0 spiro atoms. The summed E-state index contributed by atoms with van der Waals surface area (Å²) in [6, 6.07) is 10.9.